The first-order valence-corrected chi connectivity index (χ1v) is 4.75. The van der Waals surface area contributed by atoms with E-state index >= 15 is 0 Å². The molecule has 0 aromatic carbocycles. The molecule has 0 bridgehead atoms. The fourth-order valence-electron chi connectivity index (χ4n) is 1.07. The zero-order valence-corrected chi connectivity index (χ0v) is 8.63. The standard InChI is InChI=1S/C10H14O6/c11-8(12)5-3-1-2-4-7(10(15)16)6-9(13)14/h1-2,7H,3-6H2,(H,11,12)(H,13,14)(H,15,16)/b2-1+. The third kappa shape index (κ3) is 7.54. The van der Waals surface area contributed by atoms with Crippen LogP contribution in [0.1, 0.15) is 25.7 Å². The van der Waals surface area contributed by atoms with Gasteiger partial charge in [-0.2, -0.15) is 0 Å². The Hall–Kier alpha value is -1.85. The van der Waals surface area contributed by atoms with E-state index in [1.54, 1.807) is 6.08 Å². The molecule has 0 aromatic rings. The van der Waals surface area contributed by atoms with Gasteiger partial charge in [0, 0.05) is 6.42 Å². The van der Waals surface area contributed by atoms with Crippen LogP contribution in [-0.4, -0.2) is 33.2 Å². The summed E-state index contributed by atoms with van der Waals surface area (Å²) >= 11 is 0. The second-order valence-electron chi connectivity index (χ2n) is 3.27. The first-order chi connectivity index (χ1) is 7.43. The first kappa shape index (κ1) is 14.2. The van der Waals surface area contributed by atoms with Crippen molar-refractivity contribution >= 4 is 17.9 Å². The lowest BCUT2D eigenvalue weighted by Gasteiger charge is -2.05. The minimum atomic E-state index is -1.16. The third-order valence-corrected chi connectivity index (χ3v) is 1.88. The molecule has 0 amide bonds. The number of allylic oxidation sites excluding steroid dienone is 2. The molecule has 1 unspecified atom stereocenters. The molecule has 1 atom stereocenters. The number of rotatable bonds is 8. The zero-order chi connectivity index (χ0) is 12.6. The van der Waals surface area contributed by atoms with Crippen molar-refractivity contribution in [2.45, 2.75) is 25.7 Å². The maximum atomic E-state index is 10.6. The molecule has 0 saturated heterocycles. The van der Waals surface area contributed by atoms with E-state index in [-0.39, 0.29) is 12.8 Å². The van der Waals surface area contributed by atoms with Gasteiger partial charge in [0.25, 0.3) is 0 Å². The van der Waals surface area contributed by atoms with Crippen LogP contribution in [0.25, 0.3) is 0 Å². The van der Waals surface area contributed by atoms with Gasteiger partial charge in [-0.05, 0) is 12.8 Å². The first-order valence-electron chi connectivity index (χ1n) is 4.75. The molecular weight excluding hydrogens is 216 g/mol. The van der Waals surface area contributed by atoms with Crippen molar-refractivity contribution in [1.29, 1.82) is 0 Å². The summed E-state index contributed by atoms with van der Waals surface area (Å²) in [4.78, 5) is 31.1. The molecule has 0 aliphatic heterocycles. The molecule has 0 rings (SSSR count). The van der Waals surface area contributed by atoms with Crippen LogP contribution in [0.15, 0.2) is 12.2 Å². The highest BCUT2D eigenvalue weighted by Crippen LogP contribution is 2.10. The summed E-state index contributed by atoms with van der Waals surface area (Å²) in [5.41, 5.74) is 0. The molecule has 0 heterocycles. The molecule has 0 spiro atoms. The van der Waals surface area contributed by atoms with Gasteiger partial charge in [-0.3, -0.25) is 14.4 Å². The van der Waals surface area contributed by atoms with Crippen molar-refractivity contribution in [2.24, 2.45) is 5.92 Å². The number of hydrogen-bond acceptors (Lipinski definition) is 3. The van der Waals surface area contributed by atoms with Crippen molar-refractivity contribution in [1.82, 2.24) is 0 Å². The second-order valence-corrected chi connectivity index (χ2v) is 3.27. The van der Waals surface area contributed by atoms with Crippen LogP contribution >= 0.6 is 0 Å². The van der Waals surface area contributed by atoms with Crippen LogP contribution in [-0.2, 0) is 14.4 Å². The Morgan fingerprint density at radius 2 is 1.62 bits per heavy atom. The molecule has 3 N–H and O–H groups in total. The van der Waals surface area contributed by atoms with Crippen LogP contribution in [0.4, 0.5) is 0 Å². The lowest BCUT2D eigenvalue weighted by Crippen LogP contribution is -2.16. The molecular formula is C10H14O6. The van der Waals surface area contributed by atoms with Crippen LogP contribution in [0.5, 0.6) is 0 Å². The molecule has 0 saturated carbocycles. The summed E-state index contributed by atoms with van der Waals surface area (Å²) in [5.74, 6) is -4.21. The maximum Gasteiger partial charge on any atom is 0.307 e. The molecule has 0 fully saturated rings. The van der Waals surface area contributed by atoms with E-state index in [4.69, 9.17) is 15.3 Å². The minimum absolute atomic E-state index is 0.0207. The maximum absolute atomic E-state index is 10.6. The summed E-state index contributed by atoms with van der Waals surface area (Å²) in [5, 5.41) is 25.4. The molecule has 16 heavy (non-hydrogen) atoms. The lowest BCUT2D eigenvalue weighted by molar-refractivity contribution is -0.148. The molecule has 0 aliphatic carbocycles. The van der Waals surface area contributed by atoms with E-state index in [2.05, 4.69) is 0 Å². The van der Waals surface area contributed by atoms with Crippen molar-refractivity contribution in [3.8, 4) is 0 Å². The van der Waals surface area contributed by atoms with Crippen molar-refractivity contribution in [3.63, 3.8) is 0 Å². The summed E-state index contributed by atoms with van der Waals surface area (Å²) in [6, 6.07) is 0. The minimum Gasteiger partial charge on any atom is -0.481 e. The zero-order valence-electron chi connectivity index (χ0n) is 8.63. The molecule has 6 nitrogen and oxygen atoms in total. The van der Waals surface area contributed by atoms with Crippen molar-refractivity contribution in [3.05, 3.63) is 12.2 Å². The van der Waals surface area contributed by atoms with Crippen LogP contribution < -0.4 is 0 Å². The van der Waals surface area contributed by atoms with Gasteiger partial charge in [0.1, 0.15) is 0 Å². The van der Waals surface area contributed by atoms with Gasteiger partial charge in [-0.1, -0.05) is 12.2 Å². The molecule has 0 radical (unpaired) electrons. The Morgan fingerprint density at radius 3 is 2.06 bits per heavy atom. The Morgan fingerprint density at radius 1 is 1.00 bits per heavy atom. The van der Waals surface area contributed by atoms with E-state index in [0.29, 0.717) is 6.42 Å². The van der Waals surface area contributed by atoms with E-state index in [0.717, 1.165) is 0 Å². The monoisotopic (exact) mass is 230 g/mol. The Balaban J connectivity index is 3.97. The topological polar surface area (TPSA) is 112 Å². The Labute approximate surface area is 92.2 Å². The van der Waals surface area contributed by atoms with Crippen molar-refractivity contribution in [2.75, 3.05) is 0 Å². The van der Waals surface area contributed by atoms with Gasteiger partial charge < -0.3 is 15.3 Å². The molecule has 6 heteroatoms. The average molecular weight is 230 g/mol. The number of carbonyl (C=O) groups is 3. The second kappa shape index (κ2) is 7.44. The number of hydrogen-bond donors (Lipinski definition) is 3. The van der Waals surface area contributed by atoms with Crippen molar-refractivity contribution < 1.29 is 29.7 Å². The number of aliphatic carboxylic acids is 3. The third-order valence-electron chi connectivity index (χ3n) is 1.88. The fraction of sp³-hybridized carbons (Fsp3) is 0.500. The molecule has 90 valence electrons. The Bertz CT molecular complexity index is 294. The summed E-state index contributed by atoms with van der Waals surface area (Å²) in [7, 11) is 0. The predicted octanol–water partition coefficient (Wildman–Crippen LogP) is 0.973. The van der Waals surface area contributed by atoms with E-state index in [1.807, 2.05) is 0 Å². The van der Waals surface area contributed by atoms with Gasteiger partial charge in [0.05, 0.1) is 12.3 Å². The summed E-state index contributed by atoms with van der Waals surface area (Å²) < 4.78 is 0. The largest absolute Gasteiger partial charge is 0.481 e. The van der Waals surface area contributed by atoms with Crippen LogP contribution in [0.2, 0.25) is 0 Å². The molecule has 0 aromatic heterocycles. The number of carboxylic acids is 3. The number of carboxylic acid groups (broad SMARTS) is 3. The van der Waals surface area contributed by atoms with E-state index < -0.39 is 30.2 Å². The molecule has 0 aliphatic rings. The van der Waals surface area contributed by atoms with Gasteiger partial charge in [-0.25, -0.2) is 0 Å². The highest BCUT2D eigenvalue weighted by molar-refractivity contribution is 5.77. The summed E-state index contributed by atoms with van der Waals surface area (Å²) in [6.07, 6.45) is 3.01. The van der Waals surface area contributed by atoms with Crippen LogP contribution in [0.3, 0.4) is 0 Å². The van der Waals surface area contributed by atoms with Gasteiger partial charge in [0.2, 0.25) is 0 Å². The highest BCUT2D eigenvalue weighted by Gasteiger charge is 2.19. The SMILES string of the molecule is O=C(O)CC/C=C/CC(CC(=O)O)C(=O)O. The summed E-state index contributed by atoms with van der Waals surface area (Å²) in [6.45, 7) is 0. The van der Waals surface area contributed by atoms with E-state index in [1.165, 1.54) is 6.08 Å². The Kier molecular flexibility index (Phi) is 6.58. The average Bonchev–Trinajstić information content (AvgIpc) is 2.14. The fourth-order valence-corrected chi connectivity index (χ4v) is 1.07. The van der Waals surface area contributed by atoms with Gasteiger partial charge in [-0.15, -0.1) is 0 Å². The predicted molar refractivity (Wildman–Crippen MR) is 54.0 cm³/mol. The van der Waals surface area contributed by atoms with Crippen LogP contribution in [0, 0.1) is 5.92 Å². The normalized spacial score (nSPS) is 12.5. The van der Waals surface area contributed by atoms with Gasteiger partial charge in [0.15, 0.2) is 0 Å². The lowest BCUT2D eigenvalue weighted by atomic mass is 10.0. The quantitative estimate of drug-likeness (QED) is 0.535. The smallest absolute Gasteiger partial charge is 0.307 e. The van der Waals surface area contributed by atoms with Gasteiger partial charge >= 0.3 is 17.9 Å². The van der Waals surface area contributed by atoms with E-state index in [9.17, 15) is 14.4 Å². The highest BCUT2D eigenvalue weighted by atomic mass is 16.4.